The molecule has 4 aromatic rings. The van der Waals surface area contributed by atoms with Gasteiger partial charge in [0.25, 0.3) is 11.5 Å². The minimum absolute atomic E-state index is 0.0612. The molecule has 0 atom stereocenters. The van der Waals surface area contributed by atoms with Gasteiger partial charge >= 0.3 is 0 Å². The molecule has 0 aliphatic carbocycles. The van der Waals surface area contributed by atoms with Gasteiger partial charge in [-0.25, -0.2) is 4.98 Å². The molecule has 0 saturated heterocycles. The highest BCUT2D eigenvalue weighted by atomic mass is 35.5. The van der Waals surface area contributed by atoms with Crippen LogP contribution < -0.4 is 15.8 Å². The molecule has 0 aliphatic heterocycles. The third-order valence-electron chi connectivity index (χ3n) is 4.99. The van der Waals surface area contributed by atoms with Gasteiger partial charge in [-0.15, -0.1) is 0 Å². The lowest BCUT2D eigenvalue weighted by Crippen LogP contribution is -2.30. The van der Waals surface area contributed by atoms with Gasteiger partial charge in [0.1, 0.15) is 11.2 Å². The van der Waals surface area contributed by atoms with Gasteiger partial charge < -0.3 is 10.2 Å². The van der Waals surface area contributed by atoms with Crippen molar-refractivity contribution in [3.63, 3.8) is 0 Å². The zero-order valence-electron chi connectivity index (χ0n) is 17.2. The fourth-order valence-corrected chi connectivity index (χ4v) is 3.46. The quantitative estimate of drug-likeness (QED) is 0.507. The van der Waals surface area contributed by atoms with E-state index in [2.05, 4.69) is 10.3 Å². The summed E-state index contributed by atoms with van der Waals surface area (Å²) in [5, 5.41) is 4.15. The summed E-state index contributed by atoms with van der Waals surface area (Å²) in [6, 6.07) is 19.9. The number of hydrogen-bond donors (Lipinski definition) is 1. The Morgan fingerprint density at radius 2 is 1.77 bits per heavy atom. The second kappa shape index (κ2) is 8.62. The van der Waals surface area contributed by atoms with Crippen molar-refractivity contribution in [2.75, 3.05) is 24.3 Å². The molecule has 31 heavy (non-hydrogen) atoms. The van der Waals surface area contributed by atoms with Crippen molar-refractivity contribution in [1.29, 1.82) is 0 Å². The molecule has 0 saturated carbocycles. The van der Waals surface area contributed by atoms with Gasteiger partial charge in [-0.2, -0.15) is 0 Å². The fraction of sp³-hybridized carbons (Fsp3) is 0.125. The second-order valence-electron chi connectivity index (χ2n) is 7.39. The lowest BCUT2D eigenvalue weighted by atomic mass is 10.1. The Kier molecular flexibility index (Phi) is 5.73. The average Bonchev–Trinajstić information content (AvgIpc) is 2.77. The van der Waals surface area contributed by atoms with Crippen LogP contribution in [0.4, 0.5) is 11.4 Å². The van der Waals surface area contributed by atoms with Crippen molar-refractivity contribution in [2.45, 2.75) is 6.54 Å². The highest BCUT2D eigenvalue weighted by Gasteiger charge is 2.17. The van der Waals surface area contributed by atoms with E-state index in [0.29, 0.717) is 21.7 Å². The molecule has 2 aromatic carbocycles. The van der Waals surface area contributed by atoms with Crippen LogP contribution in [-0.2, 0) is 6.54 Å². The van der Waals surface area contributed by atoms with Crippen molar-refractivity contribution in [3.05, 3.63) is 99.4 Å². The number of rotatable bonds is 5. The zero-order valence-corrected chi connectivity index (χ0v) is 17.9. The van der Waals surface area contributed by atoms with Crippen LogP contribution in [0.15, 0.2) is 77.7 Å². The van der Waals surface area contributed by atoms with Crippen LogP contribution in [0.25, 0.3) is 11.0 Å². The first kappa shape index (κ1) is 20.6. The number of benzene rings is 2. The number of carbonyl (C=O) groups is 1. The van der Waals surface area contributed by atoms with E-state index in [0.717, 1.165) is 11.3 Å². The van der Waals surface area contributed by atoms with E-state index in [4.69, 9.17) is 11.6 Å². The van der Waals surface area contributed by atoms with Crippen LogP contribution in [-0.4, -0.2) is 29.6 Å². The predicted molar refractivity (Wildman–Crippen MR) is 125 cm³/mol. The largest absolute Gasteiger partial charge is 0.378 e. The van der Waals surface area contributed by atoms with E-state index < -0.39 is 11.5 Å². The van der Waals surface area contributed by atoms with Crippen LogP contribution >= 0.6 is 11.6 Å². The summed E-state index contributed by atoms with van der Waals surface area (Å²) < 4.78 is 1.52. The van der Waals surface area contributed by atoms with Crippen LogP contribution in [0.3, 0.4) is 0 Å². The number of nitrogens with zero attached hydrogens (tertiary/aromatic N) is 3. The number of aromatic nitrogens is 2. The van der Waals surface area contributed by atoms with Gasteiger partial charge in [0.2, 0.25) is 0 Å². The van der Waals surface area contributed by atoms with Crippen LogP contribution in [0.1, 0.15) is 15.9 Å². The highest BCUT2D eigenvalue weighted by Crippen LogP contribution is 2.18. The van der Waals surface area contributed by atoms with E-state index in [1.54, 1.807) is 30.5 Å². The number of hydrogen-bond acceptors (Lipinski definition) is 4. The van der Waals surface area contributed by atoms with Crippen molar-refractivity contribution in [3.8, 4) is 0 Å². The van der Waals surface area contributed by atoms with Crippen molar-refractivity contribution < 1.29 is 4.79 Å². The Labute approximate surface area is 184 Å². The molecule has 4 rings (SSSR count). The molecule has 0 unspecified atom stereocenters. The van der Waals surface area contributed by atoms with Crippen LogP contribution in [0, 0.1) is 0 Å². The third-order valence-corrected chi connectivity index (χ3v) is 5.24. The van der Waals surface area contributed by atoms with Gasteiger partial charge in [-0.05, 0) is 60.2 Å². The molecule has 0 radical (unpaired) electrons. The normalized spacial score (nSPS) is 10.8. The molecule has 2 aromatic heterocycles. The molecule has 0 spiro atoms. The number of fused-ring (bicyclic) bond motifs is 1. The van der Waals surface area contributed by atoms with E-state index in [-0.39, 0.29) is 12.1 Å². The lowest BCUT2D eigenvalue weighted by molar-refractivity contribution is 0.102. The average molecular weight is 433 g/mol. The molecule has 7 heteroatoms. The van der Waals surface area contributed by atoms with E-state index in [1.807, 2.05) is 61.5 Å². The predicted octanol–water partition coefficient (Wildman–Crippen LogP) is 4.42. The summed E-state index contributed by atoms with van der Waals surface area (Å²) in [4.78, 5) is 32.6. The van der Waals surface area contributed by atoms with Crippen molar-refractivity contribution in [1.82, 2.24) is 9.55 Å². The number of pyridine rings is 2. The molecule has 1 N–H and O–H groups in total. The fourth-order valence-electron chi connectivity index (χ4n) is 3.33. The van der Waals surface area contributed by atoms with Crippen LogP contribution in [0.2, 0.25) is 5.02 Å². The zero-order chi connectivity index (χ0) is 22.0. The minimum atomic E-state index is -0.460. The SMILES string of the molecule is CN(C)c1ccc(NC(=O)c2cc3cccnc3n(Cc3ccc(Cl)cc3)c2=O)cc1. The first-order chi connectivity index (χ1) is 14.9. The third kappa shape index (κ3) is 4.44. The Morgan fingerprint density at radius 3 is 2.45 bits per heavy atom. The van der Waals surface area contributed by atoms with Gasteiger partial charge in [-0.1, -0.05) is 23.7 Å². The summed E-state index contributed by atoms with van der Waals surface area (Å²) in [6.45, 7) is 0.280. The smallest absolute Gasteiger partial charge is 0.265 e. The second-order valence-corrected chi connectivity index (χ2v) is 7.82. The topological polar surface area (TPSA) is 67.2 Å². The summed E-state index contributed by atoms with van der Waals surface area (Å²) in [5.74, 6) is -0.460. The van der Waals surface area contributed by atoms with Crippen molar-refractivity contribution in [2.24, 2.45) is 0 Å². The summed E-state index contributed by atoms with van der Waals surface area (Å²) >= 11 is 5.98. The number of amides is 1. The number of halogens is 1. The van der Waals surface area contributed by atoms with Crippen LogP contribution in [0.5, 0.6) is 0 Å². The molecule has 1 amide bonds. The standard InChI is InChI=1S/C24H21ClN4O2/c1-28(2)20-11-9-19(10-12-20)27-23(30)21-14-17-4-3-13-26-22(17)29(24(21)31)15-16-5-7-18(25)8-6-16/h3-14H,15H2,1-2H3,(H,27,30). The highest BCUT2D eigenvalue weighted by molar-refractivity contribution is 6.30. The van der Waals surface area contributed by atoms with E-state index in [1.165, 1.54) is 4.57 Å². The summed E-state index contributed by atoms with van der Waals surface area (Å²) in [6.07, 6.45) is 1.63. The molecule has 0 fully saturated rings. The molecule has 0 aliphatic rings. The first-order valence-electron chi connectivity index (χ1n) is 9.74. The molecule has 6 nitrogen and oxygen atoms in total. The molecule has 156 valence electrons. The van der Waals surface area contributed by atoms with E-state index in [9.17, 15) is 9.59 Å². The van der Waals surface area contributed by atoms with Gasteiger partial charge in [0.05, 0.1) is 6.54 Å². The first-order valence-corrected chi connectivity index (χ1v) is 10.1. The van der Waals surface area contributed by atoms with Gasteiger partial charge in [0, 0.05) is 42.1 Å². The van der Waals surface area contributed by atoms with Gasteiger partial charge in [-0.3, -0.25) is 14.2 Å². The lowest BCUT2D eigenvalue weighted by Gasteiger charge is -2.14. The number of carbonyl (C=O) groups excluding carboxylic acids is 1. The van der Waals surface area contributed by atoms with Gasteiger partial charge in [0.15, 0.2) is 0 Å². The Bertz CT molecular complexity index is 1300. The maximum Gasteiger partial charge on any atom is 0.265 e. The molecule has 2 heterocycles. The monoisotopic (exact) mass is 432 g/mol. The molecular formula is C24H21ClN4O2. The Hall–Kier alpha value is -3.64. The minimum Gasteiger partial charge on any atom is -0.378 e. The number of nitrogens with one attached hydrogen (secondary N) is 1. The Balaban J connectivity index is 1.72. The molecule has 0 bridgehead atoms. The maximum absolute atomic E-state index is 13.3. The summed E-state index contributed by atoms with van der Waals surface area (Å²) in [5.41, 5.74) is 2.70. The molecular weight excluding hydrogens is 412 g/mol. The maximum atomic E-state index is 13.3. The Morgan fingerprint density at radius 1 is 1.06 bits per heavy atom. The number of anilines is 2. The summed E-state index contributed by atoms with van der Waals surface area (Å²) in [7, 11) is 3.89. The van der Waals surface area contributed by atoms with E-state index >= 15 is 0 Å². The van der Waals surface area contributed by atoms with Crippen molar-refractivity contribution >= 4 is 39.9 Å².